The Morgan fingerprint density at radius 2 is 1.94 bits per heavy atom. The first kappa shape index (κ1) is 11.3. The second kappa shape index (κ2) is 4.14. The van der Waals surface area contributed by atoms with E-state index in [1.165, 1.54) is 0 Å². The minimum absolute atomic E-state index is 0.253. The maximum absolute atomic E-state index is 12.1. The molecule has 2 aromatic heterocycles. The van der Waals surface area contributed by atoms with Gasteiger partial charge in [-0.05, 0) is 46.6 Å². The zero-order valence-electron chi connectivity index (χ0n) is 9.57. The maximum atomic E-state index is 12.1. The fourth-order valence-corrected chi connectivity index (χ4v) is 2.19. The molecule has 0 unspecified atom stereocenters. The second-order valence-electron chi connectivity index (χ2n) is 4.04. The molecule has 0 aliphatic heterocycles. The summed E-state index contributed by atoms with van der Waals surface area (Å²) in [4.78, 5) is 12.1. The van der Waals surface area contributed by atoms with Crippen molar-refractivity contribution in [3.8, 4) is 0 Å². The molecule has 3 aromatic rings. The van der Waals surface area contributed by atoms with E-state index in [2.05, 4.69) is 15.9 Å². The topological polar surface area (TPSA) is 43.4 Å². The third kappa shape index (κ3) is 1.78. The van der Waals surface area contributed by atoms with E-state index in [-0.39, 0.29) is 11.5 Å². The van der Waals surface area contributed by atoms with Gasteiger partial charge in [0.1, 0.15) is 5.58 Å². The summed E-state index contributed by atoms with van der Waals surface area (Å²) in [5.74, 6) is 0.302. The van der Waals surface area contributed by atoms with Crippen LogP contribution in [-0.4, -0.2) is 5.78 Å². The first-order valence-electron chi connectivity index (χ1n) is 5.44. The van der Waals surface area contributed by atoms with E-state index in [1.54, 1.807) is 18.2 Å². The van der Waals surface area contributed by atoms with Crippen LogP contribution in [0, 0.1) is 6.92 Å². The summed E-state index contributed by atoms with van der Waals surface area (Å²) >= 11 is 3.17. The monoisotopic (exact) mass is 304 g/mol. The average Bonchev–Trinajstić information content (AvgIpc) is 2.95. The Balaban J connectivity index is 2.10. The lowest BCUT2D eigenvalue weighted by atomic mass is 10.1. The van der Waals surface area contributed by atoms with E-state index in [0.717, 1.165) is 16.5 Å². The van der Waals surface area contributed by atoms with Crippen molar-refractivity contribution in [2.24, 2.45) is 0 Å². The van der Waals surface area contributed by atoms with Crippen molar-refractivity contribution in [3.05, 3.63) is 58.2 Å². The number of carbonyl (C=O) groups is 1. The molecule has 0 radical (unpaired) electrons. The molecule has 0 fully saturated rings. The lowest BCUT2D eigenvalue weighted by Crippen LogP contribution is -1.96. The number of furan rings is 2. The molecule has 1 aromatic carbocycles. The van der Waals surface area contributed by atoms with Gasteiger partial charge in [-0.1, -0.05) is 18.2 Å². The van der Waals surface area contributed by atoms with Crippen LogP contribution in [0.5, 0.6) is 0 Å². The maximum Gasteiger partial charge on any atom is 0.263 e. The standard InChI is InChI=1S/C14H9BrO3/c1-8-3-2-4-9-7-11(18-14(8)9)13(16)10-5-6-12(15)17-10/h2-7H,1H3. The SMILES string of the molecule is Cc1cccc2cc(C(=O)c3ccc(Br)o3)oc12. The van der Waals surface area contributed by atoms with Crippen molar-refractivity contribution < 1.29 is 13.6 Å². The van der Waals surface area contributed by atoms with Gasteiger partial charge in [0.25, 0.3) is 5.78 Å². The van der Waals surface area contributed by atoms with Crippen molar-refractivity contribution in [3.63, 3.8) is 0 Å². The van der Waals surface area contributed by atoms with Gasteiger partial charge >= 0.3 is 0 Å². The van der Waals surface area contributed by atoms with Crippen LogP contribution in [0.25, 0.3) is 11.0 Å². The Bertz CT molecular complexity index is 736. The highest BCUT2D eigenvalue weighted by atomic mass is 79.9. The predicted molar refractivity (Wildman–Crippen MR) is 70.8 cm³/mol. The predicted octanol–water partition coefficient (Wildman–Crippen LogP) is 4.33. The number of ketones is 1. The smallest absolute Gasteiger partial charge is 0.263 e. The van der Waals surface area contributed by atoms with E-state index in [1.807, 2.05) is 25.1 Å². The Morgan fingerprint density at radius 1 is 1.11 bits per heavy atom. The number of hydrogen-bond donors (Lipinski definition) is 0. The summed E-state index contributed by atoms with van der Waals surface area (Å²) in [6, 6.07) is 10.8. The largest absolute Gasteiger partial charge is 0.452 e. The van der Waals surface area contributed by atoms with Gasteiger partial charge in [-0.2, -0.15) is 0 Å². The van der Waals surface area contributed by atoms with Gasteiger partial charge in [-0.15, -0.1) is 0 Å². The van der Waals surface area contributed by atoms with Crippen LogP contribution in [0.4, 0.5) is 0 Å². The number of para-hydroxylation sites is 1. The first-order valence-corrected chi connectivity index (χ1v) is 6.23. The molecule has 0 aliphatic rings. The molecule has 0 N–H and O–H groups in total. The fraction of sp³-hybridized carbons (Fsp3) is 0.0714. The van der Waals surface area contributed by atoms with Crippen LogP contribution >= 0.6 is 15.9 Å². The van der Waals surface area contributed by atoms with Crippen molar-refractivity contribution in [1.29, 1.82) is 0 Å². The van der Waals surface area contributed by atoms with Gasteiger partial charge in [0.15, 0.2) is 16.2 Å². The minimum Gasteiger partial charge on any atom is -0.452 e. The van der Waals surface area contributed by atoms with Crippen LogP contribution in [0.1, 0.15) is 21.9 Å². The number of hydrogen-bond acceptors (Lipinski definition) is 3. The highest BCUT2D eigenvalue weighted by Gasteiger charge is 2.18. The molecule has 3 nitrogen and oxygen atoms in total. The number of fused-ring (bicyclic) bond motifs is 1. The Hall–Kier alpha value is -1.81. The van der Waals surface area contributed by atoms with E-state index in [0.29, 0.717) is 10.4 Å². The molecule has 0 atom stereocenters. The van der Waals surface area contributed by atoms with Gasteiger partial charge in [-0.25, -0.2) is 0 Å². The highest BCUT2D eigenvalue weighted by Crippen LogP contribution is 2.25. The lowest BCUT2D eigenvalue weighted by molar-refractivity contribution is 0.0984. The molecule has 4 heteroatoms. The minimum atomic E-state index is -0.253. The third-order valence-electron chi connectivity index (χ3n) is 2.76. The van der Waals surface area contributed by atoms with E-state index in [9.17, 15) is 4.79 Å². The van der Waals surface area contributed by atoms with Gasteiger partial charge in [-0.3, -0.25) is 4.79 Å². The molecule has 0 spiro atoms. The summed E-state index contributed by atoms with van der Waals surface area (Å²) in [6.45, 7) is 1.95. The van der Waals surface area contributed by atoms with Crippen molar-refractivity contribution in [2.45, 2.75) is 6.92 Å². The zero-order chi connectivity index (χ0) is 12.7. The lowest BCUT2D eigenvalue weighted by Gasteiger charge is -1.93. The molecule has 90 valence electrons. The Kier molecular flexibility index (Phi) is 2.59. The summed E-state index contributed by atoms with van der Waals surface area (Å²) in [7, 11) is 0. The van der Waals surface area contributed by atoms with Crippen molar-refractivity contribution in [2.75, 3.05) is 0 Å². The van der Waals surface area contributed by atoms with Crippen molar-refractivity contribution in [1.82, 2.24) is 0 Å². The Morgan fingerprint density at radius 3 is 2.61 bits per heavy atom. The van der Waals surface area contributed by atoms with Gasteiger partial charge in [0.05, 0.1) is 0 Å². The zero-order valence-corrected chi connectivity index (χ0v) is 11.2. The van der Waals surface area contributed by atoms with Gasteiger partial charge in [0, 0.05) is 5.39 Å². The first-order chi connectivity index (χ1) is 8.65. The van der Waals surface area contributed by atoms with Crippen LogP contribution in [0.2, 0.25) is 0 Å². The van der Waals surface area contributed by atoms with Crippen LogP contribution in [0.15, 0.2) is 49.9 Å². The average molecular weight is 305 g/mol. The van der Waals surface area contributed by atoms with Crippen molar-refractivity contribution >= 4 is 32.7 Å². The molecule has 2 heterocycles. The molecule has 0 saturated heterocycles. The molecule has 3 rings (SSSR count). The third-order valence-corrected chi connectivity index (χ3v) is 3.19. The Labute approximate surface area is 112 Å². The summed E-state index contributed by atoms with van der Waals surface area (Å²) in [5, 5.41) is 0.920. The molecule has 0 aliphatic carbocycles. The summed E-state index contributed by atoms with van der Waals surface area (Å²) < 4.78 is 11.4. The number of benzene rings is 1. The van der Waals surface area contributed by atoms with E-state index < -0.39 is 0 Å². The fourth-order valence-electron chi connectivity index (χ4n) is 1.88. The number of aryl methyl sites for hydroxylation is 1. The molecule has 0 saturated carbocycles. The second-order valence-corrected chi connectivity index (χ2v) is 4.82. The molecular formula is C14H9BrO3. The number of rotatable bonds is 2. The highest BCUT2D eigenvalue weighted by molar-refractivity contribution is 9.10. The quantitative estimate of drug-likeness (QED) is 0.662. The van der Waals surface area contributed by atoms with Crippen LogP contribution in [-0.2, 0) is 0 Å². The molecule has 18 heavy (non-hydrogen) atoms. The normalized spacial score (nSPS) is 11.0. The molecule has 0 bridgehead atoms. The number of halogens is 1. The summed E-state index contributed by atoms with van der Waals surface area (Å²) in [6.07, 6.45) is 0. The summed E-state index contributed by atoms with van der Waals surface area (Å²) in [5.41, 5.74) is 1.75. The molecular weight excluding hydrogens is 296 g/mol. The van der Waals surface area contributed by atoms with E-state index in [4.69, 9.17) is 8.83 Å². The van der Waals surface area contributed by atoms with Gasteiger partial charge in [0.2, 0.25) is 0 Å². The number of carbonyl (C=O) groups excluding carboxylic acids is 1. The van der Waals surface area contributed by atoms with Gasteiger partial charge < -0.3 is 8.83 Å². The van der Waals surface area contributed by atoms with E-state index >= 15 is 0 Å². The van der Waals surface area contributed by atoms with Crippen LogP contribution in [0.3, 0.4) is 0 Å². The van der Waals surface area contributed by atoms with Crippen LogP contribution < -0.4 is 0 Å². The molecule has 0 amide bonds.